The third-order valence-corrected chi connectivity index (χ3v) is 3.88. The van der Waals surface area contributed by atoms with Gasteiger partial charge in [0.05, 0.1) is 12.5 Å². The Morgan fingerprint density at radius 3 is 2.81 bits per heavy atom. The van der Waals surface area contributed by atoms with Crippen LogP contribution in [0.25, 0.3) is 0 Å². The number of likely N-dealkylation sites (tertiary alicyclic amines) is 1. The molecule has 1 N–H and O–H groups in total. The Morgan fingerprint density at radius 1 is 1.44 bits per heavy atom. The van der Waals surface area contributed by atoms with Gasteiger partial charge in [-0.1, -0.05) is 0 Å². The van der Waals surface area contributed by atoms with Crippen LogP contribution in [-0.4, -0.2) is 47.8 Å². The third-order valence-electron chi connectivity index (χ3n) is 3.88. The first-order chi connectivity index (χ1) is 7.68. The molecule has 0 radical (unpaired) electrons. The molecule has 2 heterocycles. The summed E-state index contributed by atoms with van der Waals surface area (Å²) in [5.74, 6) is -0.776. The highest BCUT2D eigenvalue weighted by Crippen LogP contribution is 2.27. The van der Waals surface area contributed by atoms with Crippen LogP contribution in [0.3, 0.4) is 0 Å². The first-order valence-electron chi connectivity index (χ1n) is 6.24. The molecule has 0 spiro atoms. The van der Waals surface area contributed by atoms with Crippen LogP contribution in [0.1, 0.15) is 32.6 Å². The van der Waals surface area contributed by atoms with Crippen molar-refractivity contribution in [2.45, 2.75) is 44.7 Å². The van der Waals surface area contributed by atoms with Crippen molar-refractivity contribution in [3.8, 4) is 0 Å². The second-order valence-electron chi connectivity index (χ2n) is 5.02. The number of aliphatic carboxylic acids is 1. The lowest BCUT2D eigenvalue weighted by Crippen LogP contribution is -2.50. The van der Waals surface area contributed by atoms with E-state index in [9.17, 15) is 4.79 Å². The van der Waals surface area contributed by atoms with E-state index in [1.165, 1.54) is 6.42 Å². The van der Waals surface area contributed by atoms with E-state index in [1.54, 1.807) is 0 Å². The van der Waals surface area contributed by atoms with Gasteiger partial charge in [-0.2, -0.15) is 0 Å². The smallest absolute Gasteiger partial charge is 0.306 e. The summed E-state index contributed by atoms with van der Waals surface area (Å²) >= 11 is 0. The van der Waals surface area contributed by atoms with Crippen molar-refractivity contribution in [2.75, 3.05) is 19.8 Å². The zero-order valence-corrected chi connectivity index (χ0v) is 9.89. The van der Waals surface area contributed by atoms with Gasteiger partial charge in [0.1, 0.15) is 0 Å². The highest BCUT2D eigenvalue weighted by atomic mass is 16.5. The molecule has 2 aliphatic rings. The van der Waals surface area contributed by atoms with Gasteiger partial charge in [0.25, 0.3) is 0 Å². The second kappa shape index (κ2) is 5.15. The van der Waals surface area contributed by atoms with Crippen LogP contribution in [0.15, 0.2) is 0 Å². The summed E-state index contributed by atoms with van der Waals surface area (Å²) < 4.78 is 5.50. The van der Waals surface area contributed by atoms with Crippen molar-refractivity contribution in [2.24, 2.45) is 5.92 Å². The number of piperidine rings is 1. The highest BCUT2D eigenvalue weighted by Gasteiger charge is 2.33. The van der Waals surface area contributed by atoms with Crippen molar-refractivity contribution in [1.29, 1.82) is 0 Å². The Kier molecular flexibility index (Phi) is 3.82. The van der Waals surface area contributed by atoms with Crippen LogP contribution in [0, 0.1) is 5.92 Å². The number of rotatable bonds is 2. The molecule has 16 heavy (non-hydrogen) atoms. The summed E-state index contributed by atoms with van der Waals surface area (Å²) in [5.41, 5.74) is 0. The average Bonchev–Trinajstić information content (AvgIpc) is 2.30. The van der Waals surface area contributed by atoms with Crippen LogP contribution < -0.4 is 0 Å². The number of hydrogen-bond acceptors (Lipinski definition) is 3. The van der Waals surface area contributed by atoms with Gasteiger partial charge in [-0.25, -0.2) is 0 Å². The van der Waals surface area contributed by atoms with Crippen LogP contribution in [0.4, 0.5) is 0 Å². The normalized spacial score (nSPS) is 37.2. The number of hydrogen-bond donors (Lipinski definition) is 1. The summed E-state index contributed by atoms with van der Waals surface area (Å²) in [5, 5.41) is 9.01. The van der Waals surface area contributed by atoms with Gasteiger partial charge in [0.15, 0.2) is 0 Å². The van der Waals surface area contributed by atoms with E-state index in [0.29, 0.717) is 12.1 Å². The van der Waals surface area contributed by atoms with Crippen molar-refractivity contribution < 1.29 is 14.6 Å². The molecular formula is C12H21NO3. The summed E-state index contributed by atoms with van der Waals surface area (Å²) in [6.07, 6.45) is 3.90. The highest BCUT2D eigenvalue weighted by molar-refractivity contribution is 5.70. The Balaban J connectivity index is 1.90. The maximum Gasteiger partial charge on any atom is 0.306 e. The van der Waals surface area contributed by atoms with Crippen molar-refractivity contribution in [1.82, 2.24) is 4.90 Å². The fourth-order valence-corrected chi connectivity index (χ4v) is 2.94. The minimum absolute atomic E-state index is 0.143. The van der Waals surface area contributed by atoms with E-state index in [4.69, 9.17) is 9.84 Å². The number of carboxylic acid groups (broad SMARTS) is 1. The first kappa shape index (κ1) is 11.9. The maximum absolute atomic E-state index is 10.9. The molecule has 3 unspecified atom stereocenters. The third kappa shape index (κ3) is 2.55. The number of carbonyl (C=O) groups is 1. The maximum atomic E-state index is 10.9. The van der Waals surface area contributed by atoms with Crippen LogP contribution in [0.5, 0.6) is 0 Å². The summed E-state index contributed by atoms with van der Waals surface area (Å²) in [6, 6.07) is 0.889. The zero-order valence-electron chi connectivity index (χ0n) is 9.89. The summed E-state index contributed by atoms with van der Waals surface area (Å²) in [7, 11) is 0. The fourth-order valence-electron chi connectivity index (χ4n) is 2.94. The second-order valence-corrected chi connectivity index (χ2v) is 5.02. The molecule has 2 fully saturated rings. The standard InChI is InChI=1S/C12H21NO3/c1-9-7-10(12(14)15)4-5-13(9)11-3-2-6-16-8-11/h9-11H,2-8H2,1H3,(H,14,15). The molecule has 0 aromatic heterocycles. The Hall–Kier alpha value is -0.610. The molecule has 2 rings (SSSR count). The van der Waals surface area contributed by atoms with Gasteiger partial charge in [-0.15, -0.1) is 0 Å². The van der Waals surface area contributed by atoms with E-state index in [1.807, 2.05) is 0 Å². The molecule has 0 saturated carbocycles. The molecule has 0 aromatic rings. The largest absolute Gasteiger partial charge is 0.481 e. The molecular weight excluding hydrogens is 206 g/mol. The SMILES string of the molecule is CC1CC(C(=O)O)CCN1C1CCCOC1. The predicted molar refractivity (Wildman–Crippen MR) is 60.4 cm³/mol. The number of carboxylic acids is 1. The lowest BCUT2D eigenvalue weighted by Gasteiger charge is -2.42. The molecule has 2 saturated heterocycles. The Morgan fingerprint density at radius 2 is 2.25 bits per heavy atom. The molecule has 0 amide bonds. The quantitative estimate of drug-likeness (QED) is 0.773. The van der Waals surface area contributed by atoms with Gasteiger partial charge in [0, 0.05) is 18.7 Å². The molecule has 0 bridgehead atoms. The molecule has 92 valence electrons. The minimum Gasteiger partial charge on any atom is -0.481 e. The van der Waals surface area contributed by atoms with Gasteiger partial charge in [-0.05, 0) is 39.2 Å². The molecule has 2 aliphatic heterocycles. The molecule has 4 nitrogen and oxygen atoms in total. The summed E-state index contributed by atoms with van der Waals surface area (Å²) in [6.45, 7) is 4.76. The van der Waals surface area contributed by atoms with Gasteiger partial charge in [0.2, 0.25) is 0 Å². The molecule has 0 aliphatic carbocycles. The monoisotopic (exact) mass is 227 g/mol. The van der Waals surface area contributed by atoms with Crippen LogP contribution in [0.2, 0.25) is 0 Å². The fraction of sp³-hybridized carbons (Fsp3) is 0.917. The predicted octanol–water partition coefficient (Wildman–Crippen LogP) is 1.35. The minimum atomic E-state index is -0.633. The molecule has 4 heteroatoms. The molecule has 0 aromatic carbocycles. The van der Waals surface area contributed by atoms with Crippen LogP contribution >= 0.6 is 0 Å². The molecule has 3 atom stereocenters. The van der Waals surface area contributed by atoms with E-state index < -0.39 is 5.97 Å². The van der Waals surface area contributed by atoms with Crippen molar-refractivity contribution >= 4 is 5.97 Å². The zero-order chi connectivity index (χ0) is 11.5. The Bertz CT molecular complexity index is 251. The Labute approximate surface area is 96.6 Å². The topological polar surface area (TPSA) is 49.8 Å². The van der Waals surface area contributed by atoms with Gasteiger partial charge >= 0.3 is 5.97 Å². The van der Waals surface area contributed by atoms with Crippen LogP contribution in [-0.2, 0) is 9.53 Å². The summed E-state index contributed by atoms with van der Waals surface area (Å²) in [4.78, 5) is 13.4. The lowest BCUT2D eigenvalue weighted by molar-refractivity contribution is -0.144. The average molecular weight is 227 g/mol. The number of nitrogens with zero attached hydrogens (tertiary/aromatic N) is 1. The van der Waals surface area contributed by atoms with Gasteiger partial charge < -0.3 is 9.84 Å². The van der Waals surface area contributed by atoms with Crippen molar-refractivity contribution in [3.63, 3.8) is 0 Å². The first-order valence-corrected chi connectivity index (χ1v) is 6.24. The van der Waals surface area contributed by atoms with E-state index >= 15 is 0 Å². The van der Waals surface area contributed by atoms with E-state index in [0.717, 1.165) is 39.0 Å². The number of ether oxygens (including phenoxy) is 1. The van der Waals surface area contributed by atoms with Crippen molar-refractivity contribution in [3.05, 3.63) is 0 Å². The van der Waals surface area contributed by atoms with E-state index in [-0.39, 0.29) is 5.92 Å². The van der Waals surface area contributed by atoms with E-state index in [2.05, 4.69) is 11.8 Å². The lowest BCUT2D eigenvalue weighted by atomic mass is 9.90. The van der Waals surface area contributed by atoms with Gasteiger partial charge in [-0.3, -0.25) is 9.69 Å².